The van der Waals surface area contributed by atoms with Crippen LogP contribution in [0, 0.1) is 0 Å². The first-order valence-electron chi connectivity index (χ1n) is 7.92. The van der Waals surface area contributed by atoms with Crippen LogP contribution in [-0.4, -0.2) is 27.8 Å². The average molecular weight is 423 g/mol. The summed E-state index contributed by atoms with van der Waals surface area (Å²) in [7, 11) is 1.48. The summed E-state index contributed by atoms with van der Waals surface area (Å²) in [6.07, 6.45) is 4.36. The summed E-state index contributed by atoms with van der Waals surface area (Å²) in [4.78, 5) is 12.5. The summed E-state index contributed by atoms with van der Waals surface area (Å²) in [6.45, 7) is 1.20. The summed E-state index contributed by atoms with van der Waals surface area (Å²) in [5, 5.41) is 11.6. The van der Waals surface area contributed by atoms with E-state index in [2.05, 4.69) is 20.1 Å². The van der Waals surface area contributed by atoms with Gasteiger partial charge in [-0.3, -0.25) is 4.79 Å². The minimum Gasteiger partial charge on any atom is -0.496 e. The first-order chi connectivity index (χ1) is 11.6. The van der Waals surface area contributed by atoms with Crippen LogP contribution < -0.4 is 15.8 Å². The van der Waals surface area contributed by atoms with Crippen LogP contribution in [-0.2, 0) is 19.5 Å². The molecule has 0 radical (unpaired) electrons. The molecule has 0 atom stereocenters. The van der Waals surface area contributed by atoms with Crippen molar-refractivity contribution < 1.29 is 9.53 Å². The van der Waals surface area contributed by atoms with E-state index in [1.165, 1.54) is 19.6 Å². The van der Waals surface area contributed by atoms with Gasteiger partial charge in [0.15, 0.2) is 5.82 Å². The first-order valence-corrected chi connectivity index (χ1v) is 8.30. The molecule has 2 aromatic rings. The number of nitrogens with two attached hydrogens (primary N) is 1. The van der Waals surface area contributed by atoms with E-state index in [0.717, 1.165) is 37.5 Å². The van der Waals surface area contributed by atoms with Crippen LogP contribution in [0.25, 0.3) is 0 Å². The van der Waals surface area contributed by atoms with Crippen LogP contribution >= 0.6 is 36.4 Å². The van der Waals surface area contributed by atoms with Gasteiger partial charge in [0.1, 0.15) is 11.6 Å². The average Bonchev–Trinajstić information content (AvgIpc) is 2.81. The van der Waals surface area contributed by atoms with Gasteiger partial charge in [0, 0.05) is 19.0 Å². The van der Waals surface area contributed by atoms with E-state index in [-0.39, 0.29) is 30.7 Å². The van der Waals surface area contributed by atoms with Crippen LogP contribution in [0.15, 0.2) is 12.1 Å². The Hall–Kier alpha value is -1.70. The number of nitrogens with one attached hydrogen (secondary N) is 1. The number of hydrogen-bond donors (Lipinski definition) is 2. The normalized spacial score (nSPS) is 12.8. The SMILES string of the molecule is COc1cc(N)c(Cl)cc1C(=O)NCc1nnc2n1CCCCC2.Cl.Cl. The van der Waals surface area contributed by atoms with Crippen molar-refractivity contribution in [3.05, 3.63) is 34.4 Å². The number of nitrogens with zero attached hydrogens (tertiary/aromatic N) is 3. The standard InChI is InChI=1S/C16H20ClN5O2.2ClH/c1-24-13-8-12(18)11(17)7-10(13)16(23)19-9-15-21-20-14-5-3-2-4-6-22(14)15;;/h7-8H,2-6,9,18H2,1H3,(H,19,23);2*1H. The third-order valence-corrected chi connectivity index (χ3v) is 4.48. The van der Waals surface area contributed by atoms with Crippen LogP contribution in [0.5, 0.6) is 5.75 Å². The number of aryl methyl sites for hydroxylation is 1. The van der Waals surface area contributed by atoms with Gasteiger partial charge < -0.3 is 20.4 Å². The molecule has 3 rings (SSSR count). The van der Waals surface area contributed by atoms with Crippen molar-refractivity contribution in [1.82, 2.24) is 20.1 Å². The molecule has 10 heteroatoms. The Bertz CT molecular complexity index is 767. The minimum absolute atomic E-state index is 0. The van der Waals surface area contributed by atoms with Crippen LogP contribution in [0.2, 0.25) is 5.02 Å². The number of halogens is 3. The number of amides is 1. The molecule has 1 aromatic heterocycles. The molecule has 1 aromatic carbocycles. The highest BCUT2D eigenvalue weighted by Gasteiger charge is 2.18. The molecule has 0 spiro atoms. The number of benzene rings is 1. The van der Waals surface area contributed by atoms with E-state index >= 15 is 0 Å². The van der Waals surface area contributed by atoms with Crippen molar-refractivity contribution in [1.29, 1.82) is 0 Å². The predicted octanol–water partition coefficient (Wildman–Crippen LogP) is 3.02. The molecular weight excluding hydrogens is 401 g/mol. The van der Waals surface area contributed by atoms with Crippen LogP contribution in [0.4, 0.5) is 5.69 Å². The van der Waals surface area contributed by atoms with Crippen molar-refractivity contribution in [2.45, 2.75) is 38.8 Å². The first kappa shape index (κ1) is 22.3. The van der Waals surface area contributed by atoms with E-state index in [1.54, 1.807) is 6.07 Å². The highest BCUT2D eigenvalue weighted by Crippen LogP contribution is 2.28. The lowest BCUT2D eigenvalue weighted by Gasteiger charge is -2.12. The number of carbonyl (C=O) groups excluding carboxylic acids is 1. The molecule has 0 fully saturated rings. The van der Waals surface area contributed by atoms with Crippen molar-refractivity contribution in [3.63, 3.8) is 0 Å². The lowest BCUT2D eigenvalue weighted by molar-refractivity contribution is 0.0946. The second-order valence-corrected chi connectivity index (χ2v) is 6.16. The molecule has 26 heavy (non-hydrogen) atoms. The van der Waals surface area contributed by atoms with Crippen molar-refractivity contribution in [3.8, 4) is 5.75 Å². The second-order valence-electron chi connectivity index (χ2n) is 5.75. The van der Waals surface area contributed by atoms with Gasteiger partial charge in [-0.05, 0) is 18.9 Å². The predicted molar refractivity (Wildman–Crippen MR) is 106 cm³/mol. The minimum atomic E-state index is -0.292. The Labute approximate surface area is 169 Å². The largest absolute Gasteiger partial charge is 0.496 e. The van der Waals surface area contributed by atoms with E-state index in [0.29, 0.717) is 28.6 Å². The topological polar surface area (TPSA) is 95.1 Å². The molecule has 0 bridgehead atoms. The molecule has 1 amide bonds. The molecule has 2 heterocycles. The highest BCUT2D eigenvalue weighted by molar-refractivity contribution is 6.33. The number of methoxy groups -OCH3 is 1. The maximum Gasteiger partial charge on any atom is 0.255 e. The van der Waals surface area contributed by atoms with Crippen molar-refractivity contribution in [2.75, 3.05) is 12.8 Å². The maximum atomic E-state index is 12.5. The molecule has 3 N–H and O–H groups in total. The van der Waals surface area contributed by atoms with E-state index in [4.69, 9.17) is 22.1 Å². The van der Waals surface area contributed by atoms with Crippen LogP contribution in [0.1, 0.15) is 41.3 Å². The summed E-state index contributed by atoms with van der Waals surface area (Å²) < 4.78 is 7.31. The molecule has 7 nitrogen and oxygen atoms in total. The third kappa shape index (κ3) is 4.72. The fourth-order valence-corrected chi connectivity index (χ4v) is 3.01. The smallest absolute Gasteiger partial charge is 0.255 e. The van der Waals surface area contributed by atoms with Gasteiger partial charge >= 0.3 is 0 Å². The molecule has 1 aliphatic heterocycles. The van der Waals surface area contributed by atoms with Gasteiger partial charge in [0.2, 0.25) is 0 Å². The molecule has 1 aliphatic rings. The van der Waals surface area contributed by atoms with E-state index in [1.807, 2.05) is 0 Å². The van der Waals surface area contributed by atoms with Gasteiger partial charge in [-0.1, -0.05) is 18.0 Å². The van der Waals surface area contributed by atoms with Gasteiger partial charge in [-0.15, -0.1) is 35.0 Å². The number of anilines is 1. The monoisotopic (exact) mass is 421 g/mol. The quantitative estimate of drug-likeness (QED) is 0.738. The number of carbonyl (C=O) groups is 1. The number of aromatic nitrogens is 3. The highest BCUT2D eigenvalue weighted by atomic mass is 35.5. The van der Waals surface area contributed by atoms with Gasteiger partial charge in [0.05, 0.1) is 29.9 Å². The third-order valence-electron chi connectivity index (χ3n) is 4.16. The number of ether oxygens (including phenoxy) is 1. The Morgan fingerprint density at radius 3 is 2.81 bits per heavy atom. The Balaban J connectivity index is 0.00000169. The molecule has 144 valence electrons. The van der Waals surface area contributed by atoms with Crippen LogP contribution in [0.3, 0.4) is 0 Å². The fourth-order valence-electron chi connectivity index (χ4n) is 2.85. The number of hydrogen-bond acceptors (Lipinski definition) is 5. The number of rotatable bonds is 4. The lowest BCUT2D eigenvalue weighted by Crippen LogP contribution is -2.25. The van der Waals surface area contributed by atoms with Crippen molar-refractivity contribution >= 4 is 48.0 Å². The van der Waals surface area contributed by atoms with E-state index in [9.17, 15) is 4.79 Å². The molecular formula is C16H22Cl3N5O2. The fraction of sp³-hybridized carbons (Fsp3) is 0.438. The Kier molecular flexibility index (Phi) is 8.46. The summed E-state index contributed by atoms with van der Waals surface area (Å²) in [5.74, 6) is 1.85. The zero-order chi connectivity index (χ0) is 17.1. The van der Waals surface area contributed by atoms with Gasteiger partial charge in [0.25, 0.3) is 5.91 Å². The lowest BCUT2D eigenvalue weighted by atomic mass is 10.1. The Morgan fingerprint density at radius 2 is 2.08 bits per heavy atom. The molecule has 0 saturated heterocycles. The van der Waals surface area contributed by atoms with Gasteiger partial charge in [-0.2, -0.15) is 0 Å². The maximum absolute atomic E-state index is 12.5. The number of nitrogen functional groups attached to an aromatic ring is 1. The molecule has 0 unspecified atom stereocenters. The van der Waals surface area contributed by atoms with Crippen molar-refractivity contribution in [2.24, 2.45) is 0 Å². The number of fused-ring (bicyclic) bond motifs is 1. The Morgan fingerprint density at radius 1 is 1.31 bits per heavy atom. The second kappa shape index (κ2) is 9.85. The zero-order valence-electron chi connectivity index (χ0n) is 14.3. The summed E-state index contributed by atoms with van der Waals surface area (Å²) in [6, 6.07) is 3.05. The van der Waals surface area contributed by atoms with E-state index < -0.39 is 0 Å². The van der Waals surface area contributed by atoms with Gasteiger partial charge in [-0.25, -0.2) is 0 Å². The summed E-state index contributed by atoms with van der Waals surface area (Å²) in [5.41, 5.74) is 6.45. The molecule has 0 saturated carbocycles. The zero-order valence-corrected chi connectivity index (χ0v) is 16.7. The summed E-state index contributed by atoms with van der Waals surface area (Å²) >= 11 is 6.01. The molecule has 0 aliphatic carbocycles.